The minimum atomic E-state index is -3.84. The zero-order chi connectivity index (χ0) is 30.6. The summed E-state index contributed by atoms with van der Waals surface area (Å²) in [6.45, 7) is 6.17. The van der Waals surface area contributed by atoms with E-state index in [0.717, 1.165) is 16.7 Å². The van der Waals surface area contributed by atoms with E-state index in [1.807, 2.05) is 6.92 Å². The number of nitrogens with zero attached hydrogens (tertiary/aromatic N) is 6. The van der Waals surface area contributed by atoms with Crippen LogP contribution >= 0.6 is 11.6 Å². The van der Waals surface area contributed by atoms with E-state index in [1.54, 1.807) is 9.80 Å². The molecule has 0 bridgehead atoms. The number of hydrogen-bond acceptors (Lipinski definition) is 8. The predicted octanol–water partition coefficient (Wildman–Crippen LogP) is 3.93. The summed E-state index contributed by atoms with van der Waals surface area (Å²) >= 11 is 6.26. The number of carbonyl (C=O) groups excluding carboxylic acids is 1. The van der Waals surface area contributed by atoms with Crippen LogP contribution in [0.15, 0.2) is 65.1 Å². The Bertz CT molecular complexity index is 1960. The lowest BCUT2D eigenvalue weighted by atomic mass is 10.1. The number of sulfone groups is 1. The second-order valence-electron chi connectivity index (χ2n) is 10.5. The van der Waals surface area contributed by atoms with Crippen molar-refractivity contribution in [3.05, 3.63) is 82.5 Å². The van der Waals surface area contributed by atoms with Gasteiger partial charge >= 0.3 is 5.69 Å². The van der Waals surface area contributed by atoms with E-state index < -0.39 is 38.1 Å². The van der Waals surface area contributed by atoms with Gasteiger partial charge in [0.15, 0.2) is 21.3 Å². The molecule has 6 rings (SSSR count). The Morgan fingerprint density at radius 3 is 2.58 bits per heavy atom. The zero-order valence-corrected chi connectivity index (χ0v) is 24.4. The van der Waals surface area contributed by atoms with Gasteiger partial charge in [0.25, 0.3) is 0 Å². The number of piperazine rings is 1. The number of benzene rings is 1. The van der Waals surface area contributed by atoms with Gasteiger partial charge in [0.05, 0.1) is 38.0 Å². The molecule has 2 fully saturated rings. The maximum atomic E-state index is 15.8. The largest absolute Gasteiger partial charge is 0.355 e. The highest BCUT2D eigenvalue weighted by atomic mass is 35.5. The molecule has 4 heterocycles. The lowest BCUT2D eigenvalue weighted by Gasteiger charge is -2.40. The van der Waals surface area contributed by atoms with E-state index in [-0.39, 0.29) is 69.6 Å². The van der Waals surface area contributed by atoms with Crippen molar-refractivity contribution in [3.8, 4) is 16.9 Å². The summed E-state index contributed by atoms with van der Waals surface area (Å²) in [5.74, 6) is -1.93. The fraction of sp³-hybridized carbons (Fsp3) is 0.276. The minimum Gasteiger partial charge on any atom is -0.350 e. The summed E-state index contributed by atoms with van der Waals surface area (Å²) in [5, 5.41) is -0.636. The van der Waals surface area contributed by atoms with Gasteiger partial charge in [-0.1, -0.05) is 24.2 Å². The van der Waals surface area contributed by atoms with Gasteiger partial charge < -0.3 is 9.80 Å². The van der Waals surface area contributed by atoms with Gasteiger partial charge in [0.1, 0.15) is 17.3 Å². The minimum absolute atomic E-state index is 0.0716. The molecule has 0 radical (unpaired) electrons. The normalized spacial score (nSPS) is 17.3. The zero-order valence-electron chi connectivity index (χ0n) is 22.9. The molecule has 0 spiro atoms. The summed E-state index contributed by atoms with van der Waals surface area (Å²) in [4.78, 5) is 42.0. The van der Waals surface area contributed by atoms with Gasteiger partial charge in [0, 0.05) is 31.9 Å². The monoisotopic (exact) mass is 626 g/mol. The molecular formula is C29H25ClF2N6O4S. The maximum Gasteiger partial charge on any atom is 0.355 e. The van der Waals surface area contributed by atoms with Crippen LogP contribution in [0.3, 0.4) is 0 Å². The molecule has 1 aliphatic heterocycles. The Hall–Kier alpha value is -4.23. The number of carbonyl (C=O) groups is 1. The van der Waals surface area contributed by atoms with Gasteiger partial charge in [-0.2, -0.15) is 4.98 Å². The Balaban J connectivity index is 1.64. The van der Waals surface area contributed by atoms with E-state index in [1.165, 1.54) is 36.7 Å². The maximum absolute atomic E-state index is 15.8. The summed E-state index contributed by atoms with van der Waals surface area (Å²) in [6.07, 6.45) is 4.69. The Morgan fingerprint density at radius 2 is 1.91 bits per heavy atom. The van der Waals surface area contributed by atoms with Crippen molar-refractivity contribution < 1.29 is 22.0 Å². The van der Waals surface area contributed by atoms with Crippen molar-refractivity contribution in [3.63, 3.8) is 0 Å². The smallest absolute Gasteiger partial charge is 0.350 e. The van der Waals surface area contributed by atoms with Gasteiger partial charge in [-0.3, -0.25) is 9.78 Å². The summed E-state index contributed by atoms with van der Waals surface area (Å²) in [6, 6.07) is 5.87. The molecule has 43 heavy (non-hydrogen) atoms. The number of amides is 1. The van der Waals surface area contributed by atoms with Crippen molar-refractivity contribution in [1.82, 2.24) is 24.4 Å². The number of halogens is 3. The molecule has 0 N–H and O–H groups in total. The molecule has 1 amide bonds. The predicted molar refractivity (Wildman–Crippen MR) is 157 cm³/mol. The highest BCUT2D eigenvalue weighted by Crippen LogP contribution is 2.38. The Kier molecular flexibility index (Phi) is 7.25. The van der Waals surface area contributed by atoms with Crippen LogP contribution in [0.1, 0.15) is 19.8 Å². The van der Waals surface area contributed by atoms with Gasteiger partial charge in [-0.15, -0.1) is 0 Å². The van der Waals surface area contributed by atoms with Crippen LogP contribution in [0, 0.1) is 11.6 Å². The highest BCUT2D eigenvalue weighted by Gasteiger charge is 2.39. The summed E-state index contributed by atoms with van der Waals surface area (Å²) < 4.78 is 58.5. The van der Waals surface area contributed by atoms with Crippen LogP contribution in [-0.4, -0.2) is 69.7 Å². The third-order valence-corrected chi connectivity index (χ3v) is 10.3. The number of hydrogen-bond donors (Lipinski definition) is 0. The number of anilines is 1. The molecule has 14 heteroatoms. The Labute approximate surface area is 250 Å². The molecule has 222 valence electrons. The molecule has 4 aromatic rings. The number of pyridine rings is 2. The standard InChI is InChI=1S/C29H25ClF2N6O4S/c1-3-24(39)36-11-12-37(16(2)15-36)27-18-13-21(32)26(25-19(30)5-4-6-20(25)31)34-28(18)38(29(40)35-27)22-14-33-10-9-23(22)43(41,42)17-7-8-17/h3-6,9-10,13-14,16-17H,1,7-8,11-12,15H2,2H3/t16-/m0/s1. The lowest BCUT2D eigenvalue weighted by molar-refractivity contribution is -0.126. The number of rotatable bonds is 6. The molecule has 3 aromatic heterocycles. The molecule has 1 saturated carbocycles. The molecule has 1 saturated heterocycles. The van der Waals surface area contributed by atoms with E-state index in [0.29, 0.717) is 12.8 Å². The first-order valence-electron chi connectivity index (χ1n) is 13.5. The first-order chi connectivity index (χ1) is 20.5. The van der Waals surface area contributed by atoms with Crippen LogP contribution in [0.25, 0.3) is 28.0 Å². The van der Waals surface area contributed by atoms with Crippen molar-refractivity contribution in [1.29, 1.82) is 0 Å². The summed E-state index contributed by atoms with van der Waals surface area (Å²) in [5.41, 5.74) is -1.96. The molecule has 2 aliphatic rings. The average molecular weight is 627 g/mol. The highest BCUT2D eigenvalue weighted by molar-refractivity contribution is 7.92. The fourth-order valence-electron chi connectivity index (χ4n) is 5.38. The second-order valence-corrected chi connectivity index (χ2v) is 13.1. The van der Waals surface area contributed by atoms with Crippen LogP contribution < -0.4 is 10.6 Å². The third-order valence-electron chi connectivity index (χ3n) is 7.66. The van der Waals surface area contributed by atoms with Gasteiger partial charge in [-0.05, 0) is 50.1 Å². The Morgan fingerprint density at radius 1 is 1.14 bits per heavy atom. The van der Waals surface area contributed by atoms with Crippen molar-refractivity contribution in [2.75, 3.05) is 24.5 Å². The molecular weight excluding hydrogens is 602 g/mol. The first-order valence-corrected chi connectivity index (χ1v) is 15.4. The van der Waals surface area contributed by atoms with Crippen molar-refractivity contribution in [2.45, 2.75) is 36.0 Å². The van der Waals surface area contributed by atoms with Gasteiger partial charge in [-0.25, -0.2) is 31.5 Å². The van der Waals surface area contributed by atoms with Crippen molar-refractivity contribution >= 4 is 44.2 Å². The fourth-order valence-corrected chi connectivity index (χ4v) is 7.44. The van der Waals surface area contributed by atoms with Crippen LogP contribution in [0.5, 0.6) is 0 Å². The quantitative estimate of drug-likeness (QED) is 0.296. The van der Waals surface area contributed by atoms with Crippen LogP contribution in [-0.2, 0) is 14.6 Å². The van der Waals surface area contributed by atoms with Gasteiger partial charge in [0.2, 0.25) is 5.91 Å². The topological polar surface area (TPSA) is 118 Å². The SMILES string of the molecule is C=CC(=O)N1CCN(c2nc(=O)n(-c3cnccc3S(=O)(=O)C3CC3)c3nc(-c4c(F)cccc4Cl)c(F)cc23)[C@@H](C)C1. The third kappa shape index (κ3) is 4.95. The lowest BCUT2D eigenvalue weighted by Crippen LogP contribution is -2.54. The number of aromatic nitrogens is 4. The molecule has 0 unspecified atom stereocenters. The second kappa shape index (κ2) is 10.8. The van der Waals surface area contributed by atoms with E-state index in [4.69, 9.17) is 11.6 Å². The van der Waals surface area contributed by atoms with Crippen LogP contribution in [0.4, 0.5) is 14.6 Å². The molecule has 1 aromatic carbocycles. The van der Waals surface area contributed by atoms with E-state index in [9.17, 15) is 22.4 Å². The van der Waals surface area contributed by atoms with E-state index >= 15 is 4.39 Å². The first kappa shape index (κ1) is 28.9. The molecule has 1 atom stereocenters. The summed E-state index contributed by atoms with van der Waals surface area (Å²) in [7, 11) is -3.84. The van der Waals surface area contributed by atoms with Crippen molar-refractivity contribution in [2.24, 2.45) is 0 Å². The molecule has 1 aliphatic carbocycles. The van der Waals surface area contributed by atoms with Crippen LogP contribution in [0.2, 0.25) is 5.02 Å². The van der Waals surface area contributed by atoms with E-state index in [2.05, 4.69) is 21.5 Å². The molecule has 10 nitrogen and oxygen atoms in total. The average Bonchev–Trinajstić information content (AvgIpc) is 3.84. The number of fused-ring (bicyclic) bond motifs is 1.